The molecule has 0 aliphatic heterocycles. The van der Waals surface area contributed by atoms with E-state index in [2.05, 4.69) is 12.8 Å². The molecule has 1 N–H and O–H groups in total. The Hall–Kier alpha value is -1.72. The van der Waals surface area contributed by atoms with Gasteiger partial charge in [0.2, 0.25) is 0 Å². The van der Waals surface area contributed by atoms with Gasteiger partial charge in [-0.15, -0.1) is 6.42 Å². The van der Waals surface area contributed by atoms with E-state index in [0.717, 1.165) is 24.2 Å². The summed E-state index contributed by atoms with van der Waals surface area (Å²) in [7, 11) is 1.66. The smallest absolute Gasteiger partial charge is 0.123 e. The molecule has 1 rings (SSSR count). The lowest BCUT2D eigenvalue weighted by Crippen LogP contribution is -2.10. The van der Waals surface area contributed by atoms with Crippen molar-refractivity contribution in [2.24, 2.45) is 5.92 Å². The lowest BCUT2D eigenvalue weighted by atomic mass is 9.83. The van der Waals surface area contributed by atoms with E-state index in [4.69, 9.17) is 16.3 Å². The maximum absolute atomic E-state index is 8.95. The molecule has 0 aliphatic rings. The molecular formula is C17H22O2. The molecule has 0 fully saturated rings. The first-order valence-electron chi connectivity index (χ1n) is 6.65. The number of hydrogen-bond donors (Lipinski definition) is 1. The van der Waals surface area contributed by atoms with E-state index in [-0.39, 0.29) is 18.4 Å². The minimum Gasteiger partial charge on any atom is -0.496 e. The van der Waals surface area contributed by atoms with Crippen molar-refractivity contribution in [1.82, 2.24) is 0 Å². The third kappa shape index (κ3) is 4.15. The van der Waals surface area contributed by atoms with Gasteiger partial charge >= 0.3 is 0 Å². The van der Waals surface area contributed by atoms with Crippen molar-refractivity contribution in [3.63, 3.8) is 0 Å². The number of allylic oxidation sites excluding steroid dienone is 1. The SMILES string of the molecule is C#CC(c1ccccc1OC)C(/C=C/CO)CCC. The number of aliphatic hydroxyl groups excluding tert-OH is 1. The van der Waals surface area contributed by atoms with Crippen molar-refractivity contribution in [3.8, 4) is 18.1 Å². The molecular weight excluding hydrogens is 236 g/mol. The fourth-order valence-corrected chi connectivity index (χ4v) is 2.31. The van der Waals surface area contributed by atoms with Crippen LogP contribution in [0.4, 0.5) is 0 Å². The lowest BCUT2D eigenvalue weighted by Gasteiger charge is -2.22. The standard InChI is InChI=1S/C17H22O2/c1-4-9-14(10-8-13-18)15(5-2)16-11-6-7-12-17(16)19-3/h2,6-8,10-12,14-15,18H,4,9,13H2,1,3H3/b10-8+. The van der Waals surface area contributed by atoms with E-state index in [1.54, 1.807) is 13.2 Å². The third-order valence-corrected chi connectivity index (χ3v) is 3.19. The van der Waals surface area contributed by atoms with Crippen molar-refractivity contribution in [2.45, 2.75) is 25.7 Å². The number of para-hydroxylation sites is 1. The molecule has 0 bridgehead atoms. The Balaban J connectivity index is 3.09. The highest BCUT2D eigenvalue weighted by atomic mass is 16.5. The van der Waals surface area contributed by atoms with Gasteiger partial charge in [-0.2, -0.15) is 0 Å². The summed E-state index contributed by atoms with van der Waals surface area (Å²) in [5.74, 6) is 3.89. The topological polar surface area (TPSA) is 29.5 Å². The van der Waals surface area contributed by atoms with Gasteiger partial charge in [-0.3, -0.25) is 0 Å². The summed E-state index contributed by atoms with van der Waals surface area (Å²) < 4.78 is 5.39. The van der Waals surface area contributed by atoms with E-state index in [1.807, 2.05) is 30.3 Å². The van der Waals surface area contributed by atoms with Crippen molar-refractivity contribution in [2.75, 3.05) is 13.7 Å². The zero-order valence-corrected chi connectivity index (χ0v) is 11.7. The highest BCUT2D eigenvalue weighted by molar-refractivity contribution is 5.41. The van der Waals surface area contributed by atoms with Crippen LogP contribution in [-0.4, -0.2) is 18.8 Å². The molecule has 0 amide bonds. The zero-order chi connectivity index (χ0) is 14.1. The van der Waals surface area contributed by atoms with Gasteiger partial charge in [-0.25, -0.2) is 0 Å². The van der Waals surface area contributed by atoms with Gasteiger partial charge in [0.25, 0.3) is 0 Å². The van der Waals surface area contributed by atoms with Crippen LogP contribution in [0.25, 0.3) is 0 Å². The number of terminal acetylenes is 1. The van der Waals surface area contributed by atoms with Crippen molar-refractivity contribution < 1.29 is 9.84 Å². The maximum Gasteiger partial charge on any atom is 0.123 e. The lowest BCUT2D eigenvalue weighted by molar-refractivity contribution is 0.341. The first-order valence-corrected chi connectivity index (χ1v) is 6.65. The average molecular weight is 258 g/mol. The van der Waals surface area contributed by atoms with Gasteiger partial charge in [0, 0.05) is 5.56 Å². The minimum absolute atomic E-state index is 0.0288. The van der Waals surface area contributed by atoms with Crippen LogP contribution in [0.2, 0.25) is 0 Å². The normalized spacial score (nSPS) is 14.0. The van der Waals surface area contributed by atoms with Gasteiger partial charge in [-0.1, -0.05) is 49.6 Å². The Bertz CT molecular complexity index is 443. The van der Waals surface area contributed by atoms with Gasteiger partial charge in [0.05, 0.1) is 19.6 Å². The number of methoxy groups -OCH3 is 1. The fourth-order valence-electron chi connectivity index (χ4n) is 2.31. The molecule has 0 aromatic heterocycles. The summed E-state index contributed by atoms with van der Waals surface area (Å²) >= 11 is 0. The maximum atomic E-state index is 8.95. The van der Waals surface area contributed by atoms with Gasteiger partial charge < -0.3 is 9.84 Å². The zero-order valence-electron chi connectivity index (χ0n) is 11.7. The summed E-state index contributed by atoms with van der Waals surface area (Å²) in [6.07, 6.45) is 11.5. The quantitative estimate of drug-likeness (QED) is 0.600. The van der Waals surface area contributed by atoms with E-state index >= 15 is 0 Å². The molecule has 2 atom stereocenters. The molecule has 1 aromatic carbocycles. The van der Waals surface area contributed by atoms with E-state index in [0.29, 0.717) is 0 Å². The molecule has 2 heteroatoms. The summed E-state index contributed by atoms with van der Waals surface area (Å²) in [5.41, 5.74) is 1.04. The number of hydrogen-bond acceptors (Lipinski definition) is 2. The molecule has 1 aromatic rings. The Morgan fingerprint density at radius 1 is 1.42 bits per heavy atom. The Labute approximate surface area is 116 Å². The number of benzene rings is 1. The van der Waals surface area contributed by atoms with Gasteiger partial charge in [0.1, 0.15) is 5.75 Å². The first-order chi connectivity index (χ1) is 9.28. The van der Waals surface area contributed by atoms with Crippen LogP contribution < -0.4 is 4.74 Å². The predicted molar refractivity (Wildman–Crippen MR) is 79.2 cm³/mol. The fraction of sp³-hybridized carbons (Fsp3) is 0.412. The highest BCUT2D eigenvalue weighted by Crippen LogP contribution is 2.34. The molecule has 0 saturated heterocycles. The Morgan fingerprint density at radius 3 is 2.74 bits per heavy atom. The van der Waals surface area contributed by atoms with Crippen molar-refractivity contribution in [3.05, 3.63) is 42.0 Å². The summed E-state index contributed by atoms with van der Waals surface area (Å²) in [4.78, 5) is 0. The van der Waals surface area contributed by atoms with E-state index in [9.17, 15) is 0 Å². The molecule has 0 spiro atoms. The van der Waals surface area contributed by atoms with Crippen LogP contribution >= 0.6 is 0 Å². The highest BCUT2D eigenvalue weighted by Gasteiger charge is 2.21. The van der Waals surface area contributed by atoms with Gasteiger partial charge in [-0.05, 0) is 18.4 Å². The number of aliphatic hydroxyl groups is 1. The molecule has 0 saturated carbocycles. The van der Waals surface area contributed by atoms with Crippen LogP contribution in [0.1, 0.15) is 31.2 Å². The molecule has 0 radical (unpaired) electrons. The second-order valence-corrected chi connectivity index (χ2v) is 4.45. The van der Waals surface area contributed by atoms with Crippen LogP contribution in [0.3, 0.4) is 0 Å². The molecule has 0 aliphatic carbocycles. The summed E-state index contributed by atoms with van der Waals surface area (Å²) in [6, 6.07) is 7.85. The molecule has 2 unspecified atom stereocenters. The Kier molecular flexibility index (Phi) is 6.78. The van der Waals surface area contributed by atoms with Crippen molar-refractivity contribution in [1.29, 1.82) is 0 Å². The Morgan fingerprint density at radius 2 is 2.16 bits per heavy atom. The predicted octanol–water partition coefficient (Wildman–Crippen LogP) is 3.38. The monoisotopic (exact) mass is 258 g/mol. The number of rotatable bonds is 7. The second-order valence-electron chi connectivity index (χ2n) is 4.45. The van der Waals surface area contributed by atoms with Crippen LogP contribution in [0, 0.1) is 18.3 Å². The molecule has 102 valence electrons. The van der Waals surface area contributed by atoms with E-state index in [1.165, 1.54) is 0 Å². The van der Waals surface area contributed by atoms with Crippen molar-refractivity contribution >= 4 is 0 Å². The van der Waals surface area contributed by atoms with E-state index < -0.39 is 0 Å². The van der Waals surface area contributed by atoms with Crippen LogP contribution in [0.5, 0.6) is 5.75 Å². The number of ether oxygens (including phenoxy) is 1. The second kappa shape index (κ2) is 8.39. The summed E-state index contributed by atoms with van der Waals surface area (Å²) in [6.45, 7) is 2.18. The van der Waals surface area contributed by atoms with Crippen LogP contribution in [0.15, 0.2) is 36.4 Å². The molecule has 0 heterocycles. The molecule has 2 nitrogen and oxygen atoms in total. The van der Waals surface area contributed by atoms with Gasteiger partial charge in [0.15, 0.2) is 0 Å². The average Bonchev–Trinajstić information content (AvgIpc) is 2.46. The molecule has 19 heavy (non-hydrogen) atoms. The summed E-state index contributed by atoms with van der Waals surface area (Å²) in [5, 5.41) is 8.95. The first kappa shape index (κ1) is 15.3. The third-order valence-electron chi connectivity index (χ3n) is 3.19. The van der Waals surface area contributed by atoms with Crippen LogP contribution in [-0.2, 0) is 0 Å². The minimum atomic E-state index is -0.0288. The largest absolute Gasteiger partial charge is 0.496 e.